The maximum Gasteiger partial charge on any atom is 0.257 e. The molecule has 0 N–H and O–H groups in total. The number of ether oxygens (including phenoxy) is 1. The Morgan fingerprint density at radius 1 is 1.16 bits per heavy atom. The lowest BCUT2D eigenvalue weighted by Crippen LogP contribution is -2.38. The molecule has 1 aliphatic heterocycles. The molecule has 32 heavy (non-hydrogen) atoms. The first kappa shape index (κ1) is 22.1. The number of halogens is 1. The Balaban J connectivity index is 1.52. The molecule has 8 heteroatoms. The highest BCUT2D eigenvalue weighted by molar-refractivity contribution is 6.31. The predicted octanol–water partition coefficient (Wildman–Crippen LogP) is 3.61. The fraction of sp³-hybridized carbons (Fsp3) is 0.375. The number of carbonyl (C=O) groups is 2. The van der Waals surface area contributed by atoms with Gasteiger partial charge in [-0.25, -0.2) is 4.98 Å². The number of carbonyl (C=O) groups excluding carboxylic acids is 2. The lowest BCUT2D eigenvalue weighted by Gasteiger charge is -2.26. The van der Waals surface area contributed by atoms with E-state index in [1.54, 1.807) is 30.1 Å². The summed E-state index contributed by atoms with van der Waals surface area (Å²) in [5, 5.41) is 0.487. The molecule has 2 aromatic heterocycles. The highest BCUT2D eigenvalue weighted by Crippen LogP contribution is 2.25. The molecule has 1 aromatic carbocycles. The molecule has 4 rings (SSSR count). The van der Waals surface area contributed by atoms with Gasteiger partial charge in [0, 0.05) is 31.4 Å². The van der Waals surface area contributed by atoms with E-state index in [2.05, 4.69) is 4.98 Å². The number of aromatic nitrogens is 2. The molecule has 1 aliphatic rings. The molecule has 0 radical (unpaired) electrons. The summed E-state index contributed by atoms with van der Waals surface area (Å²) in [5.74, 6) is 0.413. The minimum Gasteiger partial charge on any atom is -0.491 e. The van der Waals surface area contributed by atoms with Crippen LogP contribution in [0.4, 0.5) is 0 Å². The van der Waals surface area contributed by atoms with Crippen molar-refractivity contribution < 1.29 is 14.3 Å². The standard InChI is InChI=1S/C24H27ClN4O3/c1-17-20(29-12-4-3-7-22(29)26-17)16-23(30)28-11-6-5-10-27(2)24(31)19-15-18(25)8-9-21(19)32-14-13-28/h3-4,7-9,12,15H,5-6,10-11,13-14,16H2,1-2H3. The maximum absolute atomic E-state index is 13.2. The van der Waals surface area contributed by atoms with Gasteiger partial charge in [0.1, 0.15) is 18.0 Å². The number of amides is 2. The molecule has 7 nitrogen and oxygen atoms in total. The van der Waals surface area contributed by atoms with Gasteiger partial charge in [-0.3, -0.25) is 9.59 Å². The molecule has 3 aromatic rings. The molecule has 0 atom stereocenters. The second-order valence-electron chi connectivity index (χ2n) is 8.05. The number of pyridine rings is 1. The number of aryl methyl sites for hydroxylation is 1. The molecule has 0 aliphatic carbocycles. The Kier molecular flexibility index (Phi) is 6.65. The molecule has 0 bridgehead atoms. The highest BCUT2D eigenvalue weighted by Gasteiger charge is 2.21. The molecule has 0 fully saturated rings. The van der Waals surface area contributed by atoms with Gasteiger partial charge in [0.25, 0.3) is 5.91 Å². The minimum atomic E-state index is -0.112. The normalized spacial score (nSPS) is 15.7. The van der Waals surface area contributed by atoms with Crippen LogP contribution in [-0.4, -0.2) is 64.3 Å². The van der Waals surface area contributed by atoms with Crippen molar-refractivity contribution in [2.75, 3.05) is 33.3 Å². The van der Waals surface area contributed by atoms with Gasteiger partial charge in [-0.2, -0.15) is 0 Å². The SMILES string of the molecule is Cc1nc2ccccn2c1CC(=O)N1CCCCN(C)C(=O)c2cc(Cl)ccc2OCC1. The predicted molar refractivity (Wildman–Crippen MR) is 123 cm³/mol. The smallest absolute Gasteiger partial charge is 0.257 e. The highest BCUT2D eigenvalue weighted by atomic mass is 35.5. The lowest BCUT2D eigenvalue weighted by atomic mass is 10.1. The number of benzene rings is 1. The molecule has 0 saturated heterocycles. The molecule has 0 saturated carbocycles. The van der Waals surface area contributed by atoms with Crippen LogP contribution in [0.1, 0.15) is 34.6 Å². The molecule has 2 amide bonds. The van der Waals surface area contributed by atoms with E-state index in [9.17, 15) is 9.59 Å². The third-order valence-electron chi connectivity index (χ3n) is 5.81. The summed E-state index contributed by atoms with van der Waals surface area (Å²) in [6, 6.07) is 10.9. The number of imidazole rings is 1. The van der Waals surface area contributed by atoms with Crippen molar-refractivity contribution in [3.63, 3.8) is 0 Å². The van der Waals surface area contributed by atoms with Gasteiger partial charge in [-0.15, -0.1) is 0 Å². The van der Waals surface area contributed by atoms with Gasteiger partial charge in [0.05, 0.1) is 29.9 Å². The average Bonchev–Trinajstić information content (AvgIpc) is 3.09. The maximum atomic E-state index is 13.2. The first-order valence-corrected chi connectivity index (χ1v) is 11.2. The Labute approximate surface area is 192 Å². The van der Waals surface area contributed by atoms with Crippen molar-refractivity contribution in [2.45, 2.75) is 26.2 Å². The van der Waals surface area contributed by atoms with Gasteiger partial charge in [0.2, 0.25) is 5.91 Å². The third-order valence-corrected chi connectivity index (χ3v) is 6.04. The summed E-state index contributed by atoms with van der Waals surface area (Å²) in [6.07, 6.45) is 3.82. The van der Waals surface area contributed by atoms with Crippen LogP contribution in [0.15, 0.2) is 42.6 Å². The zero-order chi connectivity index (χ0) is 22.7. The van der Waals surface area contributed by atoms with E-state index in [4.69, 9.17) is 16.3 Å². The van der Waals surface area contributed by atoms with E-state index < -0.39 is 0 Å². The Hall–Kier alpha value is -3.06. The van der Waals surface area contributed by atoms with Crippen LogP contribution in [0.3, 0.4) is 0 Å². The molecular weight excluding hydrogens is 428 g/mol. The van der Waals surface area contributed by atoms with Crippen molar-refractivity contribution in [1.29, 1.82) is 0 Å². The molecule has 168 valence electrons. The zero-order valence-corrected chi connectivity index (χ0v) is 19.1. The van der Waals surface area contributed by atoms with Crippen LogP contribution >= 0.6 is 11.6 Å². The van der Waals surface area contributed by atoms with Crippen LogP contribution in [0, 0.1) is 6.92 Å². The van der Waals surface area contributed by atoms with Crippen molar-refractivity contribution in [3.8, 4) is 5.75 Å². The first-order valence-electron chi connectivity index (χ1n) is 10.8. The molecular formula is C24H27ClN4O3. The fourth-order valence-electron chi connectivity index (χ4n) is 4.01. The quantitative estimate of drug-likeness (QED) is 0.593. The van der Waals surface area contributed by atoms with Crippen molar-refractivity contribution >= 4 is 29.1 Å². The van der Waals surface area contributed by atoms with Crippen LogP contribution in [0.25, 0.3) is 5.65 Å². The van der Waals surface area contributed by atoms with Gasteiger partial charge in [0.15, 0.2) is 0 Å². The summed E-state index contributed by atoms with van der Waals surface area (Å²) in [6.45, 7) is 3.89. The summed E-state index contributed by atoms with van der Waals surface area (Å²) in [4.78, 5) is 34.1. The van der Waals surface area contributed by atoms with Crippen molar-refractivity contribution in [3.05, 3.63) is 64.6 Å². The van der Waals surface area contributed by atoms with Crippen LogP contribution in [0.5, 0.6) is 5.75 Å². The number of rotatable bonds is 2. The van der Waals surface area contributed by atoms with E-state index in [0.717, 1.165) is 29.9 Å². The third kappa shape index (κ3) is 4.72. The summed E-state index contributed by atoms with van der Waals surface area (Å²) in [7, 11) is 1.77. The minimum absolute atomic E-state index is 0.0418. The number of hydrogen-bond donors (Lipinski definition) is 0. The first-order chi connectivity index (χ1) is 15.4. The molecule has 0 unspecified atom stereocenters. The van der Waals surface area contributed by atoms with Crippen LogP contribution < -0.4 is 4.74 Å². The van der Waals surface area contributed by atoms with Gasteiger partial charge >= 0.3 is 0 Å². The average molecular weight is 455 g/mol. The summed E-state index contributed by atoms with van der Waals surface area (Å²) < 4.78 is 7.90. The van der Waals surface area contributed by atoms with Crippen LogP contribution in [0.2, 0.25) is 5.02 Å². The monoisotopic (exact) mass is 454 g/mol. The summed E-state index contributed by atoms with van der Waals surface area (Å²) in [5.41, 5.74) is 3.05. The van der Waals surface area contributed by atoms with Gasteiger partial charge < -0.3 is 18.9 Å². The Bertz CT molecular complexity index is 1140. The molecule has 0 spiro atoms. The van der Waals surface area contributed by atoms with Crippen molar-refractivity contribution in [1.82, 2.24) is 19.2 Å². The van der Waals surface area contributed by atoms with E-state index in [1.807, 2.05) is 40.6 Å². The van der Waals surface area contributed by atoms with Crippen LogP contribution in [-0.2, 0) is 11.2 Å². The van der Waals surface area contributed by atoms with E-state index in [-0.39, 0.29) is 18.2 Å². The van der Waals surface area contributed by atoms with E-state index in [0.29, 0.717) is 42.6 Å². The zero-order valence-electron chi connectivity index (χ0n) is 18.4. The van der Waals surface area contributed by atoms with Crippen molar-refractivity contribution in [2.24, 2.45) is 0 Å². The molecule has 3 heterocycles. The van der Waals surface area contributed by atoms with E-state index >= 15 is 0 Å². The lowest BCUT2D eigenvalue weighted by molar-refractivity contribution is -0.131. The number of fused-ring (bicyclic) bond motifs is 2. The van der Waals surface area contributed by atoms with Gasteiger partial charge in [-0.05, 0) is 50.1 Å². The Morgan fingerprint density at radius 2 is 1.97 bits per heavy atom. The number of hydrogen-bond acceptors (Lipinski definition) is 4. The topological polar surface area (TPSA) is 67.2 Å². The number of nitrogens with zero attached hydrogens (tertiary/aromatic N) is 4. The second kappa shape index (κ2) is 9.61. The van der Waals surface area contributed by atoms with Gasteiger partial charge in [-0.1, -0.05) is 17.7 Å². The largest absolute Gasteiger partial charge is 0.491 e. The second-order valence-corrected chi connectivity index (χ2v) is 8.49. The fourth-order valence-corrected chi connectivity index (χ4v) is 4.19. The Morgan fingerprint density at radius 3 is 2.81 bits per heavy atom. The van der Waals surface area contributed by atoms with E-state index in [1.165, 1.54) is 0 Å². The summed E-state index contributed by atoms with van der Waals surface area (Å²) >= 11 is 6.12.